The molecule has 2 aliphatic rings. The van der Waals surface area contributed by atoms with Gasteiger partial charge in [0.05, 0.1) is 42.5 Å². The van der Waals surface area contributed by atoms with E-state index in [4.69, 9.17) is 15.2 Å². The maximum absolute atomic E-state index is 15.0. The number of rotatable bonds is 9. The minimum atomic E-state index is -3.00. The number of carbonyl (C=O) groups excluding carboxylic acids is 1. The fraction of sp³-hybridized carbons (Fsp3) is 0.464. The Morgan fingerprint density at radius 3 is 2.55 bits per heavy atom. The number of alkyl halides is 2. The number of nitrogens with two attached hydrogens (primary N) is 1. The molecule has 0 spiro atoms. The number of likely N-dealkylation sites (tertiary alicyclic amines) is 1. The Morgan fingerprint density at radius 2 is 1.88 bits per heavy atom. The molecule has 0 aliphatic carbocycles. The van der Waals surface area contributed by atoms with Gasteiger partial charge in [-0.1, -0.05) is 0 Å². The number of hydrogen-bond donors (Lipinski definition) is 3. The summed E-state index contributed by atoms with van der Waals surface area (Å²) in [6.07, 6.45) is -3.00. The molecule has 3 aromatic rings. The number of amides is 1. The average molecular weight is 559 g/mol. The number of halogens is 3. The highest BCUT2D eigenvalue weighted by Gasteiger charge is 2.39. The van der Waals surface area contributed by atoms with Crippen LogP contribution in [0.25, 0.3) is 10.9 Å². The summed E-state index contributed by atoms with van der Waals surface area (Å²) >= 11 is 0. The molecule has 9 nitrogen and oxygen atoms in total. The van der Waals surface area contributed by atoms with Gasteiger partial charge in [-0.3, -0.25) is 4.79 Å². The molecule has 1 aromatic heterocycles. The lowest BCUT2D eigenvalue weighted by atomic mass is 10.0. The molecular formula is C28H33F3N6O3. The van der Waals surface area contributed by atoms with E-state index in [1.54, 1.807) is 33.1 Å². The molecular weight excluding hydrogens is 525 g/mol. The third kappa shape index (κ3) is 5.50. The summed E-state index contributed by atoms with van der Waals surface area (Å²) < 4.78 is 52.5. The van der Waals surface area contributed by atoms with Gasteiger partial charge in [0.2, 0.25) is 0 Å². The van der Waals surface area contributed by atoms with Crippen LogP contribution in [0.2, 0.25) is 0 Å². The molecule has 2 saturated heterocycles. The van der Waals surface area contributed by atoms with Gasteiger partial charge in [-0.05, 0) is 38.1 Å². The summed E-state index contributed by atoms with van der Waals surface area (Å²) in [5.41, 5.74) is 6.66. The third-order valence-electron chi connectivity index (χ3n) is 7.53. The lowest BCUT2D eigenvalue weighted by molar-refractivity contribution is 0.0752. The predicted molar refractivity (Wildman–Crippen MR) is 146 cm³/mol. The van der Waals surface area contributed by atoms with Crippen molar-refractivity contribution in [1.29, 1.82) is 0 Å². The van der Waals surface area contributed by atoms with Gasteiger partial charge in [-0.25, -0.2) is 23.1 Å². The Kier molecular flexibility index (Phi) is 7.99. The van der Waals surface area contributed by atoms with Crippen LogP contribution in [0.5, 0.6) is 0 Å². The highest BCUT2D eigenvalue weighted by atomic mass is 19.3. The zero-order valence-corrected chi connectivity index (χ0v) is 22.6. The smallest absolute Gasteiger partial charge is 0.266 e. The molecule has 4 N–H and O–H groups in total. The van der Waals surface area contributed by atoms with E-state index in [9.17, 15) is 18.0 Å². The first-order valence-corrected chi connectivity index (χ1v) is 13.2. The number of benzene rings is 2. The summed E-state index contributed by atoms with van der Waals surface area (Å²) in [5.74, 6) is 0.363. The van der Waals surface area contributed by atoms with Crippen LogP contribution >= 0.6 is 0 Å². The number of fused-ring (bicyclic) bond motifs is 2. The van der Waals surface area contributed by atoms with Gasteiger partial charge in [0.15, 0.2) is 0 Å². The number of aromatic nitrogens is 2. The number of anilines is 3. The molecule has 1 amide bonds. The van der Waals surface area contributed by atoms with E-state index < -0.39 is 23.8 Å². The van der Waals surface area contributed by atoms with Crippen LogP contribution in [0, 0.1) is 24.6 Å². The summed E-state index contributed by atoms with van der Waals surface area (Å²) in [6.45, 7) is 6.83. The van der Waals surface area contributed by atoms with Crippen molar-refractivity contribution in [3.63, 3.8) is 0 Å². The van der Waals surface area contributed by atoms with E-state index >= 15 is 0 Å². The minimum Gasteiger partial charge on any atom is -0.399 e. The first kappa shape index (κ1) is 27.9. The van der Waals surface area contributed by atoms with Crippen molar-refractivity contribution >= 4 is 34.0 Å². The Hall–Kier alpha value is -3.64. The molecule has 2 fully saturated rings. The summed E-state index contributed by atoms with van der Waals surface area (Å²) in [4.78, 5) is 24.6. The van der Waals surface area contributed by atoms with E-state index in [0.717, 1.165) is 6.07 Å². The van der Waals surface area contributed by atoms with Crippen LogP contribution in [0.3, 0.4) is 0 Å². The second-order valence-corrected chi connectivity index (χ2v) is 10.4. The van der Waals surface area contributed by atoms with Gasteiger partial charge < -0.3 is 30.7 Å². The maximum atomic E-state index is 15.0. The number of nitrogen functional groups attached to an aromatic ring is 1. The Bertz CT molecular complexity index is 1410. The van der Waals surface area contributed by atoms with Crippen LogP contribution in [-0.2, 0) is 9.47 Å². The number of nitrogens with one attached hydrogen (secondary N) is 2. The zero-order valence-electron chi connectivity index (χ0n) is 22.6. The number of aryl methyl sites for hydroxylation is 1. The Balaban J connectivity index is 1.52. The molecule has 214 valence electrons. The van der Waals surface area contributed by atoms with Gasteiger partial charge in [0.1, 0.15) is 17.5 Å². The topological polar surface area (TPSA) is 115 Å². The summed E-state index contributed by atoms with van der Waals surface area (Å²) in [5, 5.41) is 7.01. The van der Waals surface area contributed by atoms with Crippen LogP contribution in [0.4, 0.5) is 30.4 Å². The number of hydrogen-bond acceptors (Lipinski definition) is 8. The third-order valence-corrected chi connectivity index (χ3v) is 7.53. The number of ether oxygens (including phenoxy) is 2. The lowest BCUT2D eigenvalue weighted by Crippen LogP contribution is -2.31. The van der Waals surface area contributed by atoms with E-state index in [-0.39, 0.29) is 17.2 Å². The van der Waals surface area contributed by atoms with E-state index in [2.05, 4.69) is 20.6 Å². The molecule has 3 unspecified atom stereocenters. The van der Waals surface area contributed by atoms with Crippen molar-refractivity contribution in [1.82, 2.24) is 14.9 Å². The molecule has 5 rings (SSSR count). The van der Waals surface area contributed by atoms with E-state index in [1.807, 2.05) is 4.90 Å². The molecule has 3 atom stereocenters. The van der Waals surface area contributed by atoms with Crippen molar-refractivity contribution in [2.24, 2.45) is 11.8 Å². The first-order valence-electron chi connectivity index (χ1n) is 13.2. The fourth-order valence-electron chi connectivity index (χ4n) is 5.49. The monoisotopic (exact) mass is 558 g/mol. The second kappa shape index (κ2) is 11.5. The quantitative estimate of drug-likeness (QED) is 0.259. The van der Waals surface area contributed by atoms with Crippen molar-refractivity contribution < 1.29 is 27.4 Å². The number of methoxy groups -OCH3 is 1. The van der Waals surface area contributed by atoms with Crippen molar-refractivity contribution in [3.05, 3.63) is 52.6 Å². The summed E-state index contributed by atoms with van der Waals surface area (Å²) in [7, 11) is 1.59. The second-order valence-electron chi connectivity index (χ2n) is 10.4. The normalized spacial score (nSPS) is 19.3. The minimum absolute atomic E-state index is 0.00600. The van der Waals surface area contributed by atoms with Gasteiger partial charge in [-0.2, -0.15) is 0 Å². The number of nitrogens with zero attached hydrogens (tertiary/aromatic N) is 3. The van der Waals surface area contributed by atoms with E-state index in [0.29, 0.717) is 85.1 Å². The zero-order chi connectivity index (χ0) is 28.6. The average Bonchev–Trinajstić information content (AvgIpc) is 3.52. The SMILES string of the molecule is COCCNc1cc2c(NC(C)c3cc(N)cc(C(F)F)c3F)nc(C)nc2cc1C(=O)N1CC2COCC2C1. The van der Waals surface area contributed by atoms with Crippen molar-refractivity contribution in [2.75, 3.05) is 62.9 Å². The molecule has 0 radical (unpaired) electrons. The highest BCUT2D eigenvalue weighted by molar-refractivity contribution is 6.05. The Morgan fingerprint density at radius 1 is 1.18 bits per heavy atom. The van der Waals surface area contributed by atoms with Gasteiger partial charge in [0, 0.05) is 60.9 Å². The highest BCUT2D eigenvalue weighted by Crippen LogP contribution is 2.35. The maximum Gasteiger partial charge on any atom is 0.266 e. The fourth-order valence-corrected chi connectivity index (χ4v) is 5.49. The molecule has 3 heterocycles. The largest absolute Gasteiger partial charge is 0.399 e. The van der Waals surface area contributed by atoms with Crippen LogP contribution in [0.1, 0.15) is 46.7 Å². The van der Waals surface area contributed by atoms with Crippen LogP contribution in [-0.4, -0.2) is 67.3 Å². The number of carbonyl (C=O) groups is 1. The van der Waals surface area contributed by atoms with Crippen molar-refractivity contribution in [3.8, 4) is 0 Å². The molecule has 2 aromatic carbocycles. The molecule has 2 aliphatic heterocycles. The Labute approximate surface area is 230 Å². The lowest BCUT2D eigenvalue weighted by Gasteiger charge is -2.22. The molecule has 12 heteroatoms. The first-order chi connectivity index (χ1) is 19.2. The van der Waals surface area contributed by atoms with Gasteiger partial charge in [-0.15, -0.1) is 0 Å². The van der Waals surface area contributed by atoms with Gasteiger partial charge >= 0.3 is 0 Å². The van der Waals surface area contributed by atoms with Gasteiger partial charge in [0.25, 0.3) is 12.3 Å². The van der Waals surface area contributed by atoms with Crippen LogP contribution < -0.4 is 16.4 Å². The molecule has 0 bridgehead atoms. The standard InChI is InChI=1S/C28H33F3N6O3/c1-14(19-6-18(32)7-22(25(19)29)26(30)31)34-27-20-8-23(33-4-5-39-3)21(9-24(20)35-15(2)36-27)28(38)37-10-16-12-40-13-17(16)11-37/h6-9,14,16-17,26,33H,4-5,10-13,32H2,1-3H3,(H,34,35,36). The molecule has 0 saturated carbocycles. The van der Waals surface area contributed by atoms with Crippen molar-refractivity contribution in [2.45, 2.75) is 26.3 Å². The predicted octanol–water partition coefficient (Wildman–Crippen LogP) is 4.55. The summed E-state index contributed by atoms with van der Waals surface area (Å²) in [6, 6.07) is 5.04. The van der Waals surface area contributed by atoms with Crippen LogP contribution in [0.15, 0.2) is 24.3 Å². The van der Waals surface area contributed by atoms with E-state index in [1.165, 1.54) is 6.07 Å². The molecule has 40 heavy (non-hydrogen) atoms.